The molecular formula is C8H12N2O2. The molecule has 0 aliphatic carbocycles. The molecule has 1 aromatic heterocycles. The third kappa shape index (κ3) is 1.43. The number of rotatable bonds is 2. The van der Waals surface area contributed by atoms with Gasteiger partial charge in [0.25, 0.3) is 0 Å². The average Bonchev–Trinajstić information content (AvgIpc) is 2.65. The molecule has 0 N–H and O–H groups in total. The first-order valence-electron chi connectivity index (χ1n) is 4.08. The van der Waals surface area contributed by atoms with Crippen LogP contribution in [0.4, 0.5) is 0 Å². The van der Waals surface area contributed by atoms with E-state index in [1.54, 1.807) is 10.9 Å². The van der Waals surface area contributed by atoms with Crippen molar-refractivity contribution in [2.75, 3.05) is 13.2 Å². The Kier molecular flexibility index (Phi) is 1.99. The first kappa shape index (κ1) is 7.61. The Hall–Kier alpha value is -1.03. The van der Waals surface area contributed by atoms with Crippen molar-refractivity contribution in [3.8, 4) is 5.88 Å². The van der Waals surface area contributed by atoms with E-state index in [0.29, 0.717) is 6.61 Å². The molecule has 1 fully saturated rings. The first-order valence-corrected chi connectivity index (χ1v) is 4.08. The lowest BCUT2D eigenvalue weighted by Crippen LogP contribution is -2.17. The first-order chi connectivity index (χ1) is 5.86. The molecule has 4 nitrogen and oxygen atoms in total. The van der Waals surface area contributed by atoms with Crippen LogP contribution in [-0.4, -0.2) is 29.1 Å². The molecule has 0 radical (unpaired) electrons. The number of aromatic nitrogens is 2. The van der Waals surface area contributed by atoms with Gasteiger partial charge >= 0.3 is 0 Å². The van der Waals surface area contributed by atoms with Crippen molar-refractivity contribution < 1.29 is 9.47 Å². The highest BCUT2D eigenvalue weighted by molar-refractivity contribution is 5.07. The second kappa shape index (κ2) is 3.15. The molecule has 1 aliphatic heterocycles. The maximum absolute atomic E-state index is 5.62. The van der Waals surface area contributed by atoms with Crippen molar-refractivity contribution in [1.29, 1.82) is 0 Å². The van der Waals surface area contributed by atoms with Gasteiger partial charge in [0.05, 0.1) is 19.4 Å². The van der Waals surface area contributed by atoms with Crippen LogP contribution >= 0.6 is 0 Å². The molecule has 2 heterocycles. The van der Waals surface area contributed by atoms with Crippen molar-refractivity contribution in [3.63, 3.8) is 0 Å². The van der Waals surface area contributed by atoms with Crippen LogP contribution in [0.3, 0.4) is 0 Å². The van der Waals surface area contributed by atoms with Crippen LogP contribution in [0.15, 0.2) is 12.3 Å². The van der Waals surface area contributed by atoms with Crippen molar-refractivity contribution in [2.24, 2.45) is 7.05 Å². The summed E-state index contributed by atoms with van der Waals surface area (Å²) >= 11 is 0. The predicted octanol–water partition coefficient (Wildman–Crippen LogP) is 0.588. The normalized spacial score (nSPS) is 22.9. The number of nitrogens with zero attached hydrogens (tertiary/aromatic N) is 2. The second-order valence-electron chi connectivity index (χ2n) is 2.90. The van der Waals surface area contributed by atoms with Gasteiger partial charge in [0.2, 0.25) is 5.88 Å². The SMILES string of the molecule is Cn1nccc1OC1CCOC1. The van der Waals surface area contributed by atoms with E-state index in [2.05, 4.69) is 5.10 Å². The molecule has 1 atom stereocenters. The molecular weight excluding hydrogens is 156 g/mol. The third-order valence-corrected chi connectivity index (χ3v) is 1.95. The summed E-state index contributed by atoms with van der Waals surface area (Å²) in [5.41, 5.74) is 0. The topological polar surface area (TPSA) is 36.3 Å². The minimum absolute atomic E-state index is 0.209. The largest absolute Gasteiger partial charge is 0.472 e. The lowest BCUT2D eigenvalue weighted by molar-refractivity contribution is 0.134. The highest BCUT2D eigenvalue weighted by Gasteiger charge is 2.17. The second-order valence-corrected chi connectivity index (χ2v) is 2.90. The smallest absolute Gasteiger partial charge is 0.211 e. The molecule has 0 saturated carbocycles. The van der Waals surface area contributed by atoms with Gasteiger partial charge in [-0.05, 0) is 0 Å². The standard InChI is InChI=1S/C8H12N2O2/c1-10-8(2-4-9-10)12-7-3-5-11-6-7/h2,4,7H,3,5-6H2,1H3. The number of ether oxygens (including phenoxy) is 2. The highest BCUT2D eigenvalue weighted by Crippen LogP contribution is 2.14. The molecule has 0 aromatic carbocycles. The zero-order chi connectivity index (χ0) is 8.39. The molecule has 0 amide bonds. The van der Waals surface area contributed by atoms with Gasteiger partial charge in [0.15, 0.2) is 0 Å². The number of aryl methyl sites for hydroxylation is 1. The minimum atomic E-state index is 0.209. The Morgan fingerprint density at radius 3 is 3.25 bits per heavy atom. The summed E-state index contributed by atoms with van der Waals surface area (Å²) in [6.07, 6.45) is 2.91. The van der Waals surface area contributed by atoms with E-state index in [-0.39, 0.29) is 6.10 Å². The summed E-state index contributed by atoms with van der Waals surface area (Å²) in [6.45, 7) is 1.51. The van der Waals surface area contributed by atoms with Gasteiger partial charge in [-0.15, -0.1) is 0 Å². The van der Waals surface area contributed by atoms with E-state index in [4.69, 9.17) is 9.47 Å². The van der Waals surface area contributed by atoms with Crippen LogP contribution < -0.4 is 4.74 Å². The average molecular weight is 168 g/mol. The molecule has 12 heavy (non-hydrogen) atoms. The summed E-state index contributed by atoms with van der Waals surface area (Å²) in [4.78, 5) is 0. The van der Waals surface area contributed by atoms with Gasteiger partial charge in [0.1, 0.15) is 6.10 Å². The molecule has 1 aromatic rings. The molecule has 1 unspecified atom stereocenters. The summed E-state index contributed by atoms with van der Waals surface area (Å²) in [5, 5.41) is 4.01. The lowest BCUT2D eigenvalue weighted by Gasteiger charge is -2.10. The Morgan fingerprint density at radius 1 is 1.75 bits per heavy atom. The molecule has 4 heteroatoms. The van der Waals surface area contributed by atoms with Crippen LogP contribution in [-0.2, 0) is 11.8 Å². The van der Waals surface area contributed by atoms with Gasteiger partial charge in [-0.3, -0.25) is 0 Å². The Balaban J connectivity index is 1.98. The van der Waals surface area contributed by atoms with Crippen LogP contribution in [0.5, 0.6) is 5.88 Å². The molecule has 1 aliphatic rings. The summed E-state index contributed by atoms with van der Waals surface area (Å²) < 4.78 is 12.5. The van der Waals surface area contributed by atoms with Crippen LogP contribution in [0.25, 0.3) is 0 Å². The predicted molar refractivity (Wildman–Crippen MR) is 43.1 cm³/mol. The van der Waals surface area contributed by atoms with Crippen LogP contribution in [0, 0.1) is 0 Å². The molecule has 0 bridgehead atoms. The van der Waals surface area contributed by atoms with E-state index in [1.807, 2.05) is 13.1 Å². The lowest BCUT2D eigenvalue weighted by atomic mass is 10.3. The van der Waals surface area contributed by atoms with E-state index in [1.165, 1.54) is 0 Å². The fourth-order valence-corrected chi connectivity index (χ4v) is 1.25. The zero-order valence-corrected chi connectivity index (χ0v) is 7.06. The summed E-state index contributed by atoms with van der Waals surface area (Å²) in [7, 11) is 1.87. The summed E-state index contributed by atoms with van der Waals surface area (Å²) in [6, 6.07) is 1.86. The highest BCUT2D eigenvalue weighted by atomic mass is 16.6. The van der Waals surface area contributed by atoms with Crippen molar-refractivity contribution in [2.45, 2.75) is 12.5 Å². The van der Waals surface area contributed by atoms with Crippen LogP contribution in [0.1, 0.15) is 6.42 Å². The Labute approximate surface area is 71.1 Å². The fourth-order valence-electron chi connectivity index (χ4n) is 1.25. The van der Waals surface area contributed by atoms with E-state index in [9.17, 15) is 0 Å². The molecule has 2 rings (SSSR count). The van der Waals surface area contributed by atoms with E-state index in [0.717, 1.165) is 18.9 Å². The summed E-state index contributed by atoms with van der Waals surface area (Å²) in [5.74, 6) is 0.811. The quantitative estimate of drug-likeness (QED) is 0.648. The van der Waals surface area contributed by atoms with Gasteiger partial charge in [-0.25, -0.2) is 4.68 Å². The Morgan fingerprint density at radius 2 is 2.67 bits per heavy atom. The van der Waals surface area contributed by atoms with Crippen molar-refractivity contribution >= 4 is 0 Å². The molecule has 0 spiro atoms. The van der Waals surface area contributed by atoms with Crippen molar-refractivity contribution in [3.05, 3.63) is 12.3 Å². The fraction of sp³-hybridized carbons (Fsp3) is 0.625. The zero-order valence-electron chi connectivity index (χ0n) is 7.06. The van der Waals surface area contributed by atoms with Gasteiger partial charge in [-0.2, -0.15) is 5.10 Å². The Bertz CT molecular complexity index is 253. The van der Waals surface area contributed by atoms with Gasteiger partial charge in [0, 0.05) is 19.5 Å². The van der Waals surface area contributed by atoms with E-state index >= 15 is 0 Å². The van der Waals surface area contributed by atoms with Crippen LogP contribution in [0.2, 0.25) is 0 Å². The van der Waals surface area contributed by atoms with E-state index < -0.39 is 0 Å². The molecule has 66 valence electrons. The molecule has 1 saturated heterocycles. The monoisotopic (exact) mass is 168 g/mol. The maximum Gasteiger partial charge on any atom is 0.211 e. The third-order valence-electron chi connectivity index (χ3n) is 1.95. The van der Waals surface area contributed by atoms with Gasteiger partial charge in [-0.1, -0.05) is 0 Å². The number of hydrogen-bond acceptors (Lipinski definition) is 3. The maximum atomic E-state index is 5.62. The van der Waals surface area contributed by atoms with Gasteiger partial charge < -0.3 is 9.47 Å². The number of hydrogen-bond donors (Lipinski definition) is 0. The minimum Gasteiger partial charge on any atom is -0.472 e. The van der Waals surface area contributed by atoms with Crippen molar-refractivity contribution in [1.82, 2.24) is 9.78 Å².